The third kappa shape index (κ3) is 3.55. The molecule has 1 amide bonds. The van der Waals surface area contributed by atoms with Crippen LogP contribution in [0.5, 0.6) is 0 Å². The molecule has 132 valence electrons. The van der Waals surface area contributed by atoms with E-state index in [0.29, 0.717) is 18.7 Å². The summed E-state index contributed by atoms with van der Waals surface area (Å²) in [6, 6.07) is -0.886. The summed E-state index contributed by atoms with van der Waals surface area (Å²) in [7, 11) is 0. The van der Waals surface area contributed by atoms with Crippen LogP contribution in [0.25, 0.3) is 0 Å². The molecule has 0 aliphatic carbocycles. The molecule has 3 heterocycles. The largest absolute Gasteiger partial charge is 0.444 e. The van der Waals surface area contributed by atoms with Crippen LogP contribution < -0.4 is 5.32 Å². The Morgan fingerprint density at radius 2 is 2.12 bits per heavy atom. The highest BCUT2D eigenvalue weighted by atomic mass is 35.5. The number of amides is 1. The number of hydrogen-bond acceptors (Lipinski definition) is 5. The van der Waals surface area contributed by atoms with Crippen molar-refractivity contribution in [2.45, 2.75) is 69.9 Å². The first kappa shape index (κ1) is 17.2. The average Bonchev–Trinajstić information content (AvgIpc) is 2.83. The fourth-order valence-electron chi connectivity index (χ4n) is 3.46. The summed E-state index contributed by atoms with van der Waals surface area (Å²) in [5.74, 6) is 0.483. The molecular formula is C16H22ClFN4O2. The second-order valence-corrected chi connectivity index (χ2v) is 7.73. The molecule has 1 aromatic rings. The molecule has 8 heteroatoms. The van der Waals surface area contributed by atoms with Crippen LogP contribution in [0, 0.1) is 0 Å². The van der Waals surface area contributed by atoms with E-state index in [9.17, 15) is 9.18 Å². The minimum absolute atomic E-state index is 0.0189. The Morgan fingerprint density at radius 3 is 2.75 bits per heavy atom. The van der Waals surface area contributed by atoms with Crippen LogP contribution in [0.3, 0.4) is 0 Å². The first-order valence-electron chi connectivity index (χ1n) is 8.14. The molecule has 0 saturated carbocycles. The zero-order chi connectivity index (χ0) is 17.5. The molecule has 2 aliphatic rings. The van der Waals surface area contributed by atoms with E-state index in [-0.39, 0.29) is 11.2 Å². The van der Waals surface area contributed by atoms with E-state index in [1.807, 2.05) is 20.8 Å². The van der Waals surface area contributed by atoms with Crippen molar-refractivity contribution in [2.75, 3.05) is 5.32 Å². The summed E-state index contributed by atoms with van der Waals surface area (Å²) in [5.41, 5.74) is -0.587. The standard InChI is InChI=1S/C16H22ClFN4O2/c1-16(2,3)24-15(23)22-9-4-5-11(22)14(18)10(6-9)21-13-8-19-12(17)7-20-13/h7-11,14H,4-6H2,1-3H3,(H,20,21)/t9-,10-,11+,14-/m1/s1. The Labute approximate surface area is 145 Å². The predicted octanol–water partition coefficient (Wildman–Crippen LogP) is 3.42. The summed E-state index contributed by atoms with van der Waals surface area (Å²) >= 11 is 5.71. The molecule has 0 aromatic carbocycles. The van der Waals surface area contributed by atoms with Crippen LogP contribution in [0.4, 0.5) is 15.0 Å². The fraction of sp³-hybridized carbons (Fsp3) is 0.688. The van der Waals surface area contributed by atoms with Gasteiger partial charge in [-0.1, -0.05) is 11.6 Å². The zero-order valence-corrected chi connectivity index (χ0v) is 14.8. The fourth-order valence-corrected chi connectivity index (χ4v) is 3.56. The van der Waals surface area contributed by atoms with Gasteiger partial charge in [0.25, 0.3) is 0 Å². The van der Waals surface area contributed by atoms with Crippen LogP contribution in [-0.4, -0.2) is 50.9 Å². The minimum Gasteiger partial charge on any atom is -0.444 e. The average molecular weight is 357 g/mol. The van der Waals surface area contributed by atoms with E-state index in [0.717, 1.165) is 6.42 Å². The summed E-state index contributed by atoms with van der Waals surface area (Å²) < 4.78 is 20.4. The molecule has 0 unspecified atom stereocenters. The molecule has 2 bridgehead atoms. The summed E-state index contributed by atoms with van der Waals surface area (Å²) in [5, 5.41) is 3.37. The van der Waals surface area contributed by atoms with Gasteiger partial charge in [-0.3, -0.25) is 4.90 Å². The zero-order valence-electron chi connectivity index (χ0n) is 14.0. The number of rotatable bonds is 2. The second kappa shape index (κ2) is 6.35. The van der Waals surface area contributed by atoms with Crippen LogP contribution >= 0.6 is 11.6 Å². The van der Waals surface area contributed by atoms with Crippen LogP contribution in [0.1, 0.15) is 40.0 Å². The molecule has 3 rings (SSSR count). The second-order valence-electron chi connectivity index (χ2n) is 7.34. The van der Waals surface area contributed by atoms with Gasteiger partial charge in [0, 0.05) is 6.04 Å². The molecule has 0 radical (unpaired) electrons. The van der Waals surface area contributed by atoms with Gasteiger partial charge in [0.15, 0.2) is 0 Å². The van der Waals surface area contributed by atoms with Gasteiger partial charge in [0.05, 0.1) is 24.5 Å². The number of piperidine rings is 1. The van der Waals surface area contributed by atoms with Crippen molar-refractivity contribution >= 4 is 23.5 Å². The molecule has 2 saturated heterocycles. The van der Waals surface area contributed by atoms with Crippen molar-refractivity contribution in [1.29, 1.82) is 0 Å². The van der Waals surface area contributed by atoms with Crippen molar-refractivity contribution < 1.29 is 13.9 Å². The molecule has 6 nitrogen and oxygen atoms in total. The predicted molar refractivity (Wildman–Crippen MR) is 88.8 cm³/mol. The topological polar surface area (TPSA) is 67.3 Å². The van der Waals surface area contributed by atoms with E-state index in [4.69, 9.17) is 16.3 Å². The van der Waals surface area contributed by atoms with E-state index >= 15 is 0 Å². The van der Waals surface area contributed by atoms with Gasteiger partial charge >= 0.3 is 6.09 Å². The van der Waals surface area contributed by atoms with E-state index in [2.05, 4.69) is 15.3 Å². The molecule has 24 heavy (non-hydrogen) atoms. The summed E-state index contributed by atoms with van der Waals surface area (Å²) in [6.07, 6.45) is 3.24. The molecule has 1 N–H and O–H groups in total. The molecule has 2 fully saturated rings. The lowest BCUT2D eigenvalue weighted by atomic mass is 9.95. The van der Waals surface area contributed by atoms with Crippen molar-refractivity contribution in [1.82, 2.24) is 14.9 Å². The van der Waals surface area contributed by atoms with Gasteiger partial charge in [-0.15, -0.1) is 0 Å². The van der Waals surface area contributed by atoms with Crippen LogP contribution in [0.15, 0.2) is 12.4 Å². The molecule has 1 aromatic heterocycles. The van der Waals surface area contributed by atoms with Gasteiger partial charge in [0.1, 0.15) is 22.7 Å². The van der Waals surface area contributed by atoms with E-state index in [1.165, 1.54) is 12.4 Å². The van der Waals surface area contributed by atoms with Gasteiger partial charge in [-0.25, -0.2) is 19.2 Å². The van der Waals surface area contributed by atoms with Gasteiger partial charge in [-0.2, -0.15) is 0 Å². The smallest absolute Gasteiger partial charge is 0.410 e. The van der Waals surface area contributed by atoms with E-state index in [1.54, 1.807) is 4.90 Å². The van der Waals surface area contributed by atoms with Gasteiger partial charge < -0.3 is 10.1 Å². The molecular weight excluding hydrogens is 335 g/mol. The molecule has 0 spiro atoms. The monoisotopic (exact) mass is 356 g/mol. The third-order valence-electron chi connectivity index (χ3n) is 4.38. The number of ether oxygens (including phenoxy) is 1. The summed E-state index contributed by atoms with van der Waals surface area (Å²) in [6.45, 7) is 5.44. The summed E-state index contributed by atoms with van der Waals surface area (Å²) in [4.78, 5) is 22.0. The van der Waals surface area contributed by atoms with Gasteiger partial charge in [0.2, 0.25) is 0 Å². The lowest BCUT2D eigenvalue weighted by Gasteiger charge is -2.41. The third-order valence-corrected chi connectivity index (χ3v) is 4.58. The number of nitrogens with one attached hydrogen (secondary N) is 1. The number of nitrogens with zero attached hydrogens (tertiary/aromatic N) is 3. The van der Waals surface area contributed by atoms with E-state index < -0.39 is 29.9 Å². The number of carbonyl (C=O) groups is 1. The molecule has 4 atom stereocenters. The number of anilines is 1. The normalized spacial score (nSPS) is 29.5. The number of hydrogen-bond donors (Lipinski definition) is 1. The number of halogens is 2. The Kier molecular flexibility index (Phi) is 4.55. The maximum atomic E-state index is 15.0. The quantitative estimate of drug-likeness (QED) is 0.879. The lowest BCUT2D eigenvalue weighted by Crippen LogP contribution is -2.57. The Balaban J connectivity index is 1.70. The Hall–Kier alpha value is -1.63. The SMILES string of the molecule is CC(C)(C)OC(=O)N1[C@@H]2CC[C@H]1[C@H](F)[C@H](Nc1cnc(Cl)cn1)C2. The van der Waals surface area contributed by atoms with Crippen molar-refractivity contribution in [3.8, 4) is 0 Å². The van der Waals surface area contributed by atoms with Crippen molar-refractivity contribution in [3.63, 3.8) is 0 Å². The van der Waals surface area contributed by atoms with Crippen molar-refractivity contribution in [2.24, 2.45) is 0 Å². The molecule has 2 aliphatic heterocycles. The number of carbonyl (C=O) groups excluding carboxylic acids is 1. The van der Waals surface area contributed by atoms with Crippen LogP contribution in [-0.2, 0) is 4.74 Å². The highest BCUT2D eigenvalue weighted by Crippen LogP contribution is 2.39. The number of aromatic nitrogens is 2. The Bertz CT molecular complexity index is 607. The number of fused-ring (bicyclic) bond motifs is 2. The first-order chi connectivity index (χ1) is 11.2. The minimum atomic E-state index is -1.19. The lowest BCUT2D eigenvalue weighted by molar-refractivity contribution is -0.00833. The first-order valence-corrected chi connectivity index (χ1v) is 8.52. The highest BCUT2D eigenvalue weighted by Gasteiger charge is 2.51. The van der Waals surface area contributed by atoms with Gasteiger partial charge in [-0.05, 0) is 40.0 Å². The maximum absolute atomic E-state index is 15.0. The number of alkyl halides is 1. The highest BCUT2D eigenvalue weighted by molar-refractivity contribution is 6.29. The maximum Gasteiger partial charge on any atom is 0.410 e. The Morgan fingerprint density at radius 1 is 1.38 bits per heavy atom. The van der Waals surface area contributed by atoms with Crippen molar-refractivity contribution in [3.05, 3.63) is 17.5 Å². The van der Waals surface area contributed by atoms with Crippen LogP contribution in [0.2, 0.25) is 5.15 Å².